The maximum atomic E-state index is 13.8. The number of aromatic nitrogens is 2. The smallest absolute Gasteiger partial charge is 0.258 e. The number of hydrogen-bond acceptors (Lipinski definition) is 5. The van der Waals surface area contributed by atoms with Gasteiger partial charge in [-0.2, -0.15) is 4.98 Å². The zero-order chi connectivity index (χ0) is 20.3. The normalized spacial score (nSPS) is 11.7. The largest absolute Gasteiger partial charge is 0.341 e. The van der Waals surface area contributed by atoms with Gasteiger partial charge in [-0.15, -0.1) is 0 Å². The van der Waals surface area contributed by atoms with E-state index in [2.05, 4.69) is 20.8 Å². The van der Waals surface area contributed by atoms with Crippen molar-refractivity contribution in [3.05, 3.63) is 76.7 Å². The molecule has 1 aromatic heterocycles. The summed E-state index contributed by atoms with van der Waals surface area (Å²) < 4.78 is 18.9. The van der Waals surface area contributed by atoms with Crippen LogP contribution in [0.4, 0.5) is 10.1 Å². The second-order valence-electron chi connectivity index (χ2n) is 6.34. The minimum atomic E-state index is -0.616. The Kier molecular flexibility index (Phi) is 5.49. The van der Waals surface area contributed by atoms with Gasteiger partial charge in [-0.1, -0.05) is 23.4 Å². The third-order valence-electron chi connectivity index (χ3n) is 4.13. The van der Waals surface area contributed by atoms with Crippen molar-refractivity contribution in [1.29, 1.82) is 0 Å². The van der Waals surface area contributed by atoms with E-state index in [0.717, 1.165) is 5.56 Å². The molecule has 8 heteroatoms. The Bertz CT molecular complexity index is 1030. The first-order valence-electron chi connectivity index (χ1n) is 8.62. The Hall–Kier alpha value is -3.55. The summed E-state index contributed by atoms with van der Waals surface area (Å²) in [6.07, 6.45) is 0. The first-order chi connectivity index (χ1) is 13.3. The molecule has 3 rings (SSSR count). The van der Waals surface area contributed by atoms with E-state index in [1.54, 1.807) is 39.0 Å². The fourth-order valence-corrected chi connectivity index (χ4v) is 2.56. The average molecular weight is 382 g/mol. The van der Waals surface area contributed by atoms with E-state index in [0.29, 0.717) is 23.0 Å². The fourth-order valence-electron chi connectivity index (χ4n) is 2.56. The van der Waals surface area contributed by atoms with E-state index in [9.17, 15) is 14.0 Å². The van der Waals surface area contributed by atoms with Gasteiger partial charge in [0.25, 0.3) is 11.8 Å². The summed E-state index contributed by atoms with van der Waals surface area (Å²) in [5.74, 6) is -0.802. The lowest BCUT2D eigenvalue weighted by atomic mass is 10.1. The molecule has 2 aromatic carbocycles. The molecule has 0 spiro atoms. The van der Waals surface area contributed by atoms with Gasteiger partial charge in [-0.05, 0) is 50.6 Å². The highest BCUT2D eigenvalue weighted by atomic mass is 19.1. The van der Waals surface area contributed by atoms with Crippen LogP contribution in [0.1, 0.15) is 51.0 Å². The second kappa shape index (κ2) is 7.99. The summed E-state index contributed by atoms with van der Waals surface area (Å²) in [5.41, 5.74) is 1.42. The van der Waals surface area contributed by atoms with Gasteiger partial charge in [-0.25, -0.2) is 4.39 Å². The van der Waals surface area contributed by atoms with Crippen LogP contribution in [0.3, 0.4) is 0 Å². The predicted octanol–water partition coefficient (Wildman–Crippen LogP) is 3.57. The number of aryl methyl sites for hydroxylation is 2. The van der Waals surface area contributed by atoms with Crippen molar-refractivity contribution in [2.75, 3.05) is 5.32 Å². The highest BCUT2D eigenvalue weighted by molar-refractivity contribution is 6.05. The second-order valence-corrected chi connectivity index (χ2v) is 6.34. The SMILES string of the molecule is Cc1noc(C(C)NC(=O)c2ccc(C)c(NC(=O)c3ccccc3F)c2)n1. The van der Waals surface area contributed by atoms with E-state index < -0.39 is 17.8 Å². The molecule has 28 heavy (non-hydrogen) atoms. The lowest BCUT2D eigenvalue weighted by molar-refractivity contribution is 0.0931. The molecule has 0 aliphatic carbocycles. The number of benzene rings is 2. The Labute approximate surface area is 161 Å². The number of halogens is 1. The van der Waals surface area contributed by atoms with Crippen LogP contribution in [-0.4, -0.2) is 22.0 Å². The van der Waals surface area contributed by atoms with Crippen molar-refractivity contribution in [2.45, 2.75) is 26.8 Å². The van der Waals surface area contributed by atoms with E-state index in [1.165, 1.54) is 24.3 Å². The number of rotatable bonds is 5. The molecule has 0 fully saturated rings. The van der Waals surface area contributed by atoms with Crippen molar-refractivity contribution in [3.8, 4) is 0 Å². The van der Waals surface area contributed by atoms with Gasteiger partial charge in [0, 0.05) is 11.3 Å². The Morgan fingerprint density at radius 2 is 1.86 bits per heavy atom. The molecule has 2 N–H and O–H groups in total. The fraction of sp³-hybridized carbons (Fsp3) is 0.200. The van der Waals surface area contributed by atoms with Crippen LogP contribution < -0.4 is 10.6 Å². The van der Waals surface area contributed by atoms with Crippen LogP contribution in [-0.2, 0) is 0 Å². The Morgan fingerprint density at radius 1 is 1.11 bits per heavy atom. The summed E-state index contributed by atoms with van der Waals surface area (Å²) in [4.78, 5) is 29.0. The number of nitrogens with one attached hydrogen (secondary N) is 2. The van der Waals surface area contributed by atoms with E-state index in [1.807, 2.05) is 0 Å². The number of amides is 2. The van der Waals surface area contributed by atoms with Crippen molar-refractivity contribution >= 4 is 17.5 Å². The minimum absolute atomic E-state index is 0.0721. The summed E-state index contributed by atoms with van der Waals surface area (Å²) in [7, 11) is 0. The molecule has 1 unspecified atom stereocenters. The van der Waals surface area contributed by atoms with Gasteiger partial charge in [0.15, 0.2) is 5.82 Å². The molecule has 0 bridgehead atoms. The van der Waals surface area contributed by atoms with Crippen LogP contribution in [0, 0.1) is 19.7 Å². The van der Waals surface area contributed by atoms with Crippen LogP contribution in [0.2, 0.25) is 0 Å². The van der Waals surface area contributed by atoms with Gasteiger partial charge >= 0.3 is 0 Å². The molecule has 0 saturated carbocycles. The standard InChI is InChI=1S/C20H19FN4O3/c1-11-8-9-14(18(26)22-12(2)20-23-13(3)25-28-20)10-17(11)24-19(27)15-6-4-5-7-16(15)21/h4-10,12H,1-3H3,(H,22,26)(H,24,27). The molecule has 0 radical (unpaired) electrons. The summed E-state index contributed by atoms with van der Waals surface area (Å²) in [5, 5.41) is 9.11. The summed E-state index contributed by atoms with van der Waals surface area (Å²) in [6.45, 7) is 5.19. The Balaban J connectivity index is 1.76. The summed E-state index contributed by atoms with van der Waals surface area (Å²) in [6, 6.07) is 10.1. The third-order valence-corrected chi connectivity index (χ3v) is 4.13. The van der Waals surface area contributed by atoms with Crippen LogP contribution in [0.15, 0.2) is 47.0 Å². The number of anilines is 1. The van der Waals surface area contributed by atoms with E-state index >= 15 is 0 Å². The zero-order valence-electron chi connectivity index (χ0n) is 15.6. The minimum Gasteiger partial charge on any atom is -0.341 e. The van der Waals surface area contributed by atoms with Crippen molar-refractivity contribution in [2.24, 2.45) is 0 Å². The molecule has 0 aliphatic rings. The Morgan fingerprint density at radius 3 is 2.54 bits per heavy atom. The summed E-state index contributed by atoms with van der Waals surface area (Å²) >= 11 is 0. The number of nitrogens with zero attached hydrogens (tertiary/aromatic N) is 2. The first-order valence-corrected chi connectivity index (χ1v) is 8.62. The van der Waals surface area contributed by atoms with Crippen molar-refractivity contribution < 1.29 is 18.5 Å². The van der Waals surface area contributed by atoms with Gasteiger partial charge in [0.05, 0.1) is 5.56 Å². The molecule has 0 saturated heterocycles. The predicted molar refractivity (Wildman–Crippen MR) is 100 cm³/mol. The number of carbonyl (C=O) groups excluding carboxylic acids is 2. The molecule has 1 atom stereocenters. The first kappa shape index (κ1) is 19.2. The van der Waals surface area contributed by atoms with Gasteiger partial charge < -0.3 is 15.2 Å². The maximum Gasteiger partial charge on any atom is 0.258 e. The molecule has 7 nitrogen and oxygen atoms in total. The lowest BCUT2D eigenvalue weighted by Crippen LogP contribution is -2.27. The molecule has 144 valence electrons. The molecule has 0 aliphatic heterocycles. The number of hydrogen-bond donors (Lipinski definition) is 2. The van der Waals surface area contributed by atoms with Crippen LogP contribution >= 0.6 is 0 Å². The number of carbonyl (C=O) groups is 2. The molecule has 1 heterocycles. The van der Waals surface area contributed by atoms with Crippen molar-refractivity contribution in [1.82, 2.24) is 15.5 Å². The third kappa shape index (κ3) is 4.22. The van der Waals surface area contributed by atoms with Gasteiger partial charge in [-0.3, -0.25) is 9.59 Å². The average Bonchev–Trinajstić information content (AvgIpc) is 3.10. The zero-order valence-corrected chi connectivity index (χ0v) is 15.6. The van der Waals surface area contributed by atoms with Crippen LogP contribution in [0.5, 0.6) is 0 Å². The quantitative estimate of drug-likeness (QED) is 0.703. The maximum absolute atomic E-state index is 13.8. The monoisotopic (exact) mass is 382 g/mol. The molecule has 3 aromatic rings. The van der Waals surface area contributed by atoms with E-state index in [-0.39, 0.29) is 11.5 Å². The van der Waals surface area contributed by atoms with E-state index in [4.69, 9.17) is 4.52 Å². The molecular formula is C20H19FN4O3. The highest BCUT2D eigenvalue weighted by Gasteiger charge is 2.18. The van der Waals surface area contributed by atoms with Gasteiger partial charge in [0.2, 0.25) is 5.89 Å². The van der Waals surface area contributed by atoms with Crippen LogP contribution in [0.25, 0.3) is 0 Å². The molecular weight excluding hydrogens is 363 g/mol. The van der Waals surface area contributed by atoms with Gasteiger partial charge in [0.1, 0.15) is 11.9 Å². The lowest BCUT2D eigenvalue weighted by Gasteiger charge is -2.13. The highest BCUT2D eigenvalue weighted by Crippen LogP contribution is 2.20. The topological polar surface area (TPSA) is 97.1 Å². The van der Waals surface area contributed by atoms with Crippen molar-refractivity contribution in [3.63, 3.8) is 0 Å². The molecule has 2 amide bonds.